The molecule has 1 aliphatic carbocycles. The molecule has 0 spiro atoms. The van der Waals surface area contributed by atoms with Crippen molar-refractivity contribution >= 4 is 10.8 Å². The summed E-state index contributed by atoms with van der Waals surface area (Å²) in [5.74, 6) is 0.737. The van der Waals surface area contributed by atoms with Gasteiger partial charge in [0.25, 0.3) is 0 Å². The largest absolute Gasteiger partial charge is 0.327 e. The molecule has 0 aromatic carbocycles. The average molecular weight is 231 g/mol. The third-order valence-corrected chi connectivity index (χ3v) is 5.71. The fraction of sp³-hybridized carbons (Fsp3) is 1.00. The van der Waals surface area contributed by atoms with Crippen molar-refractivity contribution in [3.8, 4) is 0 Å². The molecule has 0 aliphatic heterocycles. The van der Waals surface area contributed by atoms with E-state index in [4.69, 9.17) is 5.73 Å². The van der Waals surface area contributed by atoms with Crippen LogP contribution in [0.5, 0.6) is 0 Å². The van der Waals surface area contributed by atoms with Crippen molar-refractivity contribution in [2.75, 3.05) is 0 Å². The zero-order valence-electron chi connectivity index (χ0n) is 10.5. The van der Waals surface area contributed by atoms with Gasteiger partial charge in [-0.3, -0.25) is 4.21 Å². The molecule has 2 N–H and O–H groups in total. The van der Waals surface area contributed by atoms with E-state index in [2.05, 4.69) is 6.92 Å². The minimum atomic E-state index is -0.801. The normalized spacial score (nSPS) is 35.1. The fourth-order valence-electron chi connectivity index (χ4n) is 2.31. The molecule has 0 aromatic rings. The fourth-order valence-corrected chi connectivity index (χ4v) is 4.12. The Labute approximate surface area is 96.5 Å². The molecular weight excluding hydrogens is 206 g/mol. The lowest BCUT2D eigenvalue weighted by molar-refractivity contribution is 0.322. The number of hydrogen-bond donors (Lipinski definition) is 1. The van der Waals surface area contributed by atoms with Gasteiger partial charge in [0.15, 0.2) is 0 Å². The quantitative estimate of drug-likeness (QED) is 0.793. The van der Waals surface area contributed by atoms with Crippen LogP contribution in [-0.4, -0.2) is 20.2 Å². The van der Waals surface area contributed by atoms with Gasteiger partial charge >= 0.3 is 0 Å². The van der Waals surface area contributed by atoms with Gasteiger partial charge in [-0.25, -0.2) is 0 Å². The zero-order chi connectivity index (χ0) is 11.6. The minimum Gasteiger partial charge on any atom is -0.327 e. The van der Waals surface area contributed by atoms with Crippen LogP contribution in [0.2, 0.25) is 0 Å². The summed E-state index contributed by atoms with van der Waals surface area (Å²) in [6, 6.07) is 0.146. The Morgan fingerprint density at radius 3 is 2.40 bits per heavy atom. The highest BCUT2D eigenvalue weighted by atomic mass is 32.2. The van der Waals surface area contributed by atoms with E-state index in [9.17, 15) is 4.21 Å². The molecule has 1 saturated carbocycles. The van der Waals surface area contributed by atoms with Crippen LogP contribution in [0.25, 0.3) is 0 Å². The Hall–Kier alpha value is 0.110. The predicted molar refractivity (Wildman–Crippen MR) is 67.3 cm³/mol. The van der Waals surface area contributed by atoms with Crippen molar-refractivity contribution in [3.63, 3.8) is 0 Å². The van der Waals surface area contributed by atoms with Crippen LogP contribution >= 0.6 is 0 Å². The second-order valence-corrected chi connectivity index (χ2v) is 8.12. The molecule has 0 amide bonds. The summed E-state index contributed by atoms with van der Waals surface area (Å²) < 4.78 is 12.2. The lowest BCUT2D eigenvalue weighted by atomic mass is 9.84. The second-order valence-electron chi connectivity index (χ2n) is 5.70. The maximum Gasteiger partial charge on any atom is 0.0507 e. The molecule has 0 heterocycles. The number of rotatable bonds is 2. The molecule has 1 fully saturated rings. The smallest absolute Gasteiger partial charge is 0.0507 e. The molecule has 90 valence electrons. The van der Waals surface area contributed by atoms with Crippen molar-refractivity contribution < 1.29 is 4.21 Å². The van der Waals surface area contributed by atoms with Crippen LogP contribution in [0.1, 0.15) is 53.4 Å². The molecule has 0 saturated heterocycles. The summed E-state index contributed by atoms with van der Waals surface area (Å²) in [5.41, 5.74) is 6.10. The van der Waals surface area contributed by atoms with Crippen LogP contribution in [0.4, 0.5) is 0 Å². The molecule has 0 bridgehead atoms. The van der Waals surface area contributed by atoms with Crippen molar-refractivity contribution in [3.05, 3.63) is 0 Å². The van der Waals surface area contributed by atoms with Crippen LogP contribution in [0, 0.1) is 5.92 Å². The van der Waals surface area contributed by atoms with E-state index < -0.39 is 10.8 Å². The molecule has 3 heteroatoms. The van der Waals surface area contributed by atoms with E-state index in [0.717, 1.165) is 18.8 Å². The van der Waals surface area contributed by atoms with Crippen LogP contribution in [0.3, 0.4) is 0 Å². The monoisotopic (exact) mass is 231 g/mol. The van der Waals surface area contributed by atoms with E-state index in [1.807, 2.05) is 20.8 Å². The second kappa shape index (κ2) is 4.96. The molecule has 1 aliphatic rings. The zero-order valence-corrected chi connectivity index (χ0v) is 11.3. The lowest BCUT2D eigenvalue weighted by Crippen LogP contribution is -2.47. The first kappa shape index (κ1) is 13.2. The Morgan fingerprint density at radius 1 is 1.33 bits per heavy atom. The Morgan fingerprint density at radius 2 is 1.93 bits per heavy atom. The van der Waals surface area contributed by atoms with E-state index in [0.29, 0.717) is 0 Å². The molecule has 0 aromatic heterocycles. The highest BCUT2D eigenvalue weighted by Gasteiger charge is 2.36. The summed E-state index contributed by atoms with van der Waals surface area (Å²) in [5, 5.41) is 0.212. The average Bonchev–Trinajstić information content (AvgIpc) is 2.16. The molecule has 4 atom stereocenters. The lowest BCUT2D eigenvalue weighted by Gasteiger charge is -2.36. The van der Waals surface area contributed by atoms with E-state index >= 15 is 0 Å². The highest BCUT2D eigenvalue weighted by Crippen LogP contribution is 2.32. The van der Waals surface area contributed by atoms with Gasteiger partial charge in [-0.2, -0.15) is 0 Å². The topological polar surface area (TPSA) is 43.1 Å². The maximum atomic E-state index is 12.3. The predicted octanol–water partition coefficient (Wildman–Crippen LogP) is 2.44. The van der Waals surface area contributed by atoms with Crippen molar-refractivity contribution in [1.29, 1.82) is 0 Å². The van der Waals surface area contributed by atoms with Gasteiger partial charge in [0, 0.05) is 21.6 Å². The molecule has 2 nitrogen and oxygen atoms in total. The highest BCUT2D eigenvalue weighted by molar-refractivity contribution is 7.87. The van der Waals surface area contributed by atoms with E-state index in [1.54, 1.807) is 0 Å². The molecule has 4 unspecified atom stereocenters. The third kappa shape index (κ3) is 3.28. The van der Waals surface area contributed by atoms with E-state index in [-0.39, 0.29) is 16.0 Å². The maximum absolute atomic E-state index is 12.3. The summed E-state index contributed by atoms with van der Waals surface area (Å²) in [7, 11) is -0.801. The van der Waals surface area contributed by atoms with Crippen LogP contribution in [-0.2, 0) is 10.8 Å². The van der Waals surface area contributed by atoms with Crippen LogP contribution in [0.15, 0.2) is 0 Å². The molecule has 1 rings (SSSR count). The summed E-state index contributed by atoms with van der Waals surface area (Å²) in [4.78, 5) is 0. The van der Waals surface area contributed by atoms with Gasteiger partial charge in [0.1, 0.15) is 0 Å². The van der Waals surface area contributed by atoms with Gasteiger partial charge in [-0.05, 0) is 46.0 Å². The minimum absolute atomic E-state index is 0.127. The van der Waals surface area contributed by atoms with Crippen molar-refractivity contribution in [2.24, 2.45) is 11.7 Å². The first-order chi connectivity index (χ1) is 6.86. The first-order valence-corrected chi connectivity index (χ1v) is 7.23. The molecule has 0 radical (unpaired) electrons. The summed E-state index contributed by atoms with van der Waals surface area (Å²) in [6.07, 6.45) is 4.52. The Balaban J connectivity index is 2.70. The Bertz CT molecular complexity index is 234. The van der Waals surface area contributed by atoms with Crippen LogP contribution < -0.4 is 5.73 Å². The standard InChI is InChI=1S/C12H25NOS/c1-5-9-6-7-10(13)11(8-9)15(14)12(2,3)4/h9-11H,5-8,13H2,1-4H3. The summed E-state index contributed by atoms with van der Waals surface area (Å²) in [6.45, 7) is 8.36. The van der Waals surface area contributed by atoms with Crippen molar-refractivity contribution in [1.82, 2.24) is 0 Å². The van der Waals surface area contributed by atoms with Crippen molar-refractivity contribution in [2.45, 2.75) is 69.4 Å². The van der Waals surface area contributed by atoms with Gasteiger partial charge < -0.3 is 5.73 Å². The number of nitrogens with two attached hydrogens (primary N) is 1. The SMILES string of the molecule is CCC1CCC(N)C(S(=O)C(C)(C)C)C1. The van der Waals surface area contributed by atoms with Gasteiger partial charge in [-0.15, -0.1) is 0 Å². The summed E-state index contributed by atoms with van der Waals surface area (Å²) >= 11 is 0. The number of hydrogen-bond acceptors (Lipinski definition) is 2. The molecule has 15 heavy (non-hydrogen) atoms. The first-order valence-electron chi connectivity index (χ1n) is 6.02. The Kier molecular flexibility index (Phi) is 4.36. The van der Waals surface area contributed by atoms with Gasteiger partial charge in [0.2, 0.25) is 0 Å². The molecular formula is C12H25NOS. The van der Waals surface area contributed by atoms with E-state index in [1.165, 1.54) is 12.8 Å². The van der Waals surface area contributed by atoms with Gasteiger partial charge in [0.05, 0.1) is 5.25 Å². The third-order valence-electron chi connectivity index (χ3n) is 3.41. The van der Waals surface area contributed by atoms with Gasteiger partial charge in [-0.1, -0.05) is 13.3 Å².